The summed E-state index contributed by atoms with van der Waals surface area (Å²) in [6.45, 7) is 6.02. The molecule has 1 nitrogen and oxygen atoms in total. The number of hydrogen-bond donors (Lipinski definition) is 0. The summed E-state index contributed by atoms with van der Waals surface area (Å²) in [7, 11) is 0. The van der Waals surface area contributed by atoms with E-state index in [2.05, 4.69) is 13.8 Å². The van der Waals surface area contributed by atoms with Gasteiger partial charge in [0.1, 0.15) is 5.78 Å². The van der Waals surface area contributed by atoms with Crippen LogP contribution in [0.15, 0.2) is 48.5 Å². The van der Waals surface area contributed by atoms with Crippen molar-refractivity contribution in [1.82, 2.24) is 0 Å². The summed E-state index contributed by atoms with van der Waals surface area (Å²) in [5, 5.41) is 0.249. The highest BCUT2D eigenvalue weighted by molar-refractivity contribution is 7.99. The molecule has 0 fully saturated rings. The van der Waals surface area contributed by atoms with Crippen LogP contribution >= 0.6 is 23.5 Å². The SMILES string of the molecule is CCC(=O)CC(C)(C)CCC(CCSCc1ccc(C(F)(F)F)cc1)SCc1ccc(C(F)(F)F)cc1. The lowest BCUT2D eigenvalue weighted by atomic mass is 9.81. The molecule has 0 aromatic heterocycles. The van der Waals surface area contributed by atoms with Crippen molar-refractivity contribution in [3.05, 3.63) is 70.8 Å². The first kappa shape index (κ1) is 31.6. The largest absolute Gasteiger partial charge is 0.416 e. The number of alkyl halides is 6. The van der Waals surface area contributed by atoms with Crippen LogP contribution in [-0.4, -0.2) is 16.8 Å². The molecule has 1 atom stereocenters. The molecule has 2 aromatic carbocycles. The van der Waals surface area contributed by atoms with Gasteiger partial charge in [0.15, 0.2) is 0 Å². The third-order valence-electron chi connectivity index (χ3n) is 6.11. The molecule has 1 unspecified atom stereocenters. The van der Waals surface area contributed by atoms with Crippen molar-refractivity contribution >= 4 is 29.3 Å². The second-order valence-corrected chi connectivity index (χ2v) is 12.3. The summed E-state index contributed by atoms with van der Waals surface area (Å²) >= 11 is 3.35. The van der Waals surface area contributed by atoms with E-state index in [0.717, 1.165) is 60.4 Å². The third-order valence-corrected chi connectivity index (χ3v) is 8.62. The van der Waals surface area contributed by atoms with Gasteiger partial charge in [-0.3, -0.25) is 4.79 Å². The number of halogens is 6. The van der Waals surface area contributed by atoms with Crippen LogP contribution in [0.4, 0.5) is 26.3 Å². The van der Waals surface area contributed by atoms with Gasteiger partial charge in [0.05, 0.1) is 11.1 Å². The zero-order chi connectivity index (χ0) is 27.7. The smallest absolute Gasteiger partial charge is 0.300 e. The number of Topliss-reactive ketones (excluding diaryl/α,β-unsaturated/α-hetero) is 1. The van der Waals surface area contributed by atoms with E-state index >= 15 is 0 Å². The zero-order valence-electron chi connectivity index (χ0n) is 21.3. The fourth-order valence-corrected chi connectivity index (χ4v) is 6.17. The number of benzene rings is 2. The lowest BCUT2D eigenvalue weighted by molar-refractivity contribution is -0.138. The summed E-state index contributed by atoms with van der Waals surface area (Å²) in [4.78, 5) is 12.0. The van der Waals surface area contributed by atoms with E-state index in [9.17, 15) is 31.1 Å². The number of hydrogen-bond acceptors (Lipinski definition) is 3. The van der Waals surface area contributed by atoms with Crippen molar-refractivity contribution < 1.29 is 31.1 Å². The number of thioether (sulfide) groups is 2. The van der Waals surface area contributed by atoms with Gasteiger partial charge >= 0.3 is 12.4 Å². The van der Waals surface area contributed by atoms with Crippen LogP contribution in [0, 0.1) is 5.41 Å². The topological polar surface area (TPSA) is 17.1 Å². The lowest BCUT2D eigenvalue weighted by Crippen LogP contribution is -2.19. The molecule has 0 spiro atoms. The molecule has 206 valence electrons. The van der Waals surface area contributed by atoms with E-state index in [4.69, 9.17) is 0 Å². The molecule has 2 rings (SSSR count). The number of carbonyl (C=O) groups excluding carboxylic acids is 1. The van der Waals surface area contributed by atoms with E-state index < -0.39 is 23.5 Å². The first-order valence-corrected chi connectivity index (χ1v) is 14.4. The van der Waals surface area contributed by atoms with Crippen LogP contribution in [0.3, 0.4) is 0 Å². The standard InChI is InChI=1S/C28H34F6OS2/c1-4-24(35)17-26(2,3)15-13-25(37-19-21-7-11-23(12-8-21)28(32,33)34)14-16-36-18-20-5-9-22(10-6-20)27(29,30)31/h5-12,25H,4,13-19H2,1-3H3. The van der Waals surface area contributed by atoms with Gasteiger partial charge in [-0.05, 0) is 65.8 Å². The van der Waals surface area contributed by atoms with Gasteiger partial charge in [0.25, 0.3) is 0 Å². The maximum atomic E-state index is 12.8. The molecule has 9 heteroatoms. The van der Waals surface area contributed by atoms with Crippen LogP contribution in [0.5, 0.6) is 0 Å². The second-order valence-electron chi connectivity index (χ2n) is 9.94. The van der Waals surface area contributed by atoms with Gasteiger partial charge in [-0.25, -0.2) is 0 Å². The molecule has 2 aromatic rings. The highest BCUT2D eigenvalue weighted by Crippen LogP contribution is 2.35. The average molecular weight is 565 g/mol. The lowest BCUT2D eigenvalue weighted by Gasteiger charge is -2.26. The van der Waals surface area contributed by atoms with Gasteiger partial charge in [-0.2, -0.15) is 49.9 Å². The van der Waals surface area contributed by atoms with Crippen molar-refractivity contribution in [3.63, 3.8) is 0 Å². The molecule has 0 N–H and O–H groups in total. The fraction of sp³-hybridized carbons (Fsp3) is 0.536. The van der Waals surface area contributed by atoms with E-state index in [0.29, 0.717) is 24.3 Å². The van der Waals surface area contributed by atoms with Crippen LogP contribution in [0.2, 0.25) is 0 Å². The van der Waals surface area contributed by atoms with Crippen molar-refractivity contribution in [2.24, 2.45) is 5.41 Å². The third kappa shape index (κ3) is 11.8. The molecule has 0 aliphatic carbocycles. The molecule has 0 bridgehead atoms. The minimum absolute atomic E-state index is 0.131. The summed E-state index contributed by atoms with van der Waals surface area (Å²) < 4.78 is 76.8. The second kappa shape index (κ2) is 14.0. The predicted molar refractivity (Wildman–Crippen MR) is 142 cm³/mol. The first-order chi connectivity index (χ1) is 17.2. The van der Waals surface area contributed by atoms with Gasteiger partial charge in [0.2, 0.25) is 0 Å². The Labute approximate surface area is 224 Å². The number of carbonyl (C=O) groups is 1. The molecule has 0 amide bonds. The van der Waals surface area contributed by atoms with E-state index in [1.165, 1.54) is 24.3 Å². The first-order valence-electron chi connectivity index (χ1n) is 12.2. The van der Waals surface area contributed by atoms with Crippen LogP contribution < -0.4 is 0 Å². The maximum absolute atomic E-state index is 12.8. The van der Waals surface area contributed by atoms with Crippen molar-refractivity contribution in [3.8, 4) is 0 Å². The van der Waals surface area contributed by atoms with Gasteiger partial charge in [-0.1, -0.05) is 45.0 Å². The minimum Gasteiger partial charge on any atom is -0.300 e. The average Bonchev–Trinajstić information content (AvgIpc) is 2.82. The quantitative estimate of drug-likeness (QED) is 0.168. The summed E-state index contributed by atoms with van der Waals surface area (Å²) in [5.41, 5.74) is 0.185. The molecule has 37 heavy (non-hydrogen) atoms. The Balaban J connectivity index is 1.93. The Kier molecular flexibility index (Phi) is 11.9. The Morgan fingerprint density at radius 1 is 0.784 bits per heavy atom. The van der Waals surface area contributed by atoms with Gasteiger partial charge < -0.3 is 0 Å². The fourth-order valence-electron chi connectivity index (χ4n) is 3.81. The molecule has 0 saturated heterocycles. The molecule has 0 aliphatic rings. The summed E-state index contributed by atoms with van der Waals surface area (Å²) in [6.07, 6.45) is -5.10. The molecular formula is C28H34F6OS2. The summed E-state index contributed by atoms with van der Waals surface area (Å²) in [5.74, 6) is 2.22. The molecule has 0 aliphatic heterocycles. The predicted octanol–water partition coefficient (Wildman–Crippen LogP) is 9.83. The Morgan fingerprint density at radius 2 is 1.27 bits per heavy atom. The molecule has 0 radical (unpaired) electrons. The van der Waals surface area contributed by atoms with Gasteiger partial charge in [-0.15, -0.1) is 0 Å². The van der Waals surface area contributed by atoms with Gasteiger partial charge in [0, 0.05) is 29.6 Å². The number of rotatable bonds is 14. The van der Waals surface area contributed by atoms with E-state index in [1.54, 1.807) is 23.5 Å². The Bertz CT molecular complexity index is 966. The highest BCUT2D eigenvalue weighted by atomic mass is 32.2. The van der Waals surface area contributed by atoms with Crippen molar-refractivity contribution in [2.75, 3.05) is 5.75 Å². The molecular weight excluding hydrogens is 530 g/mol. The van der Waals surface area contributed by atoms with Crippen molar-refractivity contribution in [2.45, 2.75) is 82.0 Å². The zero-order valence-corrected chi connectivity index (χ0v) is 23.0. The van der Waals surface area contributed by atoms with Crippen LogP contribution in [0.1, 0.15) is 75.1 Å². The number of ketones is 1. The molecule has 0 heterocycles. The Hall–Kier alpha value is -1.61. The summed E-state index contributed by atoms with van der Waals surface area (Å²) in [6, 6.07) is 10.4. The normalized spacial score (nSPS) is 13.5. The minimum atomic E-state index is -4.36. The van der Waals surface area contributed by atoms with Crippen LogP contribution in [-0.2, 0) is 28.7 Å². The van der Waals surface area contributed by atoms with Crippen LogP contribution in [0.25, 0.3) is 0 Å². The Morgan fingerprint density at radius 3 is 1.73 bits per heavy atom. The van der Waals surface area contributed by atoms with E-state index in [-0.39, 0.29) is 16.4 Å². The van der Waals surface area contributed by atoms with Crippen molar-refractivity contribution in [1.29, 1.82) is 0 Å². The molecule has 0 saturated carbocycles. The van der Waals surface area contributed by atoms with E-state index in [1.807, 2.05) is 6.92 Å². The highest BCUT2D eigenvalue weighted by Gasteiger charge is 2.31. The monoisotopic (exact) mass is 564 g/mol. The maximum Gasteiger partial charge on any atom is 0.416 e.